The van der Waals surface area contributed by atoms with Crippen molar-refractivity contribution in [3.05, 3.63) is 80.9 Å². The topological polar surface area (TPSA) is 134 Å². The first-order valence-corrected chi connectivity index (χ1v) is 12.9. The minimum atomic E-state index is -0.865. The lowest BCUT2D eigenvalue weighted by Gasteiger charge is -2.29. The Balaban J connectivity index is 1.63. The lowest BCUT2D eigenvalue weighted by molar-refractivity contribution is -0.143. The maximum atomic E-state index is 12.9. The summed E-state index contributed by atoms with van der Waals surface area (Å²) < 4.78 is 32.0. The number of carbonyl (C=O) groups is 2. The van der Waals surface area contributed by atoms with Gasteiger partial charge in [0.2, 0.25) is 11.2 Å². The predicted molar refractivity (Wildman–Crippen MR) is 146 cm³/mol. The van der Waals surface area contributed by atoms with E-state index in [0.29, 0.717) is 48.2 Å². The second-order valence-electron chi connectivity index (χ2n) is 9.50. The van der Waals surface area contributed by atoms with Crippen molar-refractivity contribution in [2.24, 2.45) is 0 Å². The van der Waals surface area contributed by atoms with Crippen LogP contribution >= 0.6 is 0 Å². The summed E-state index contributed by atoms with van der Waals surface area (Å²) in [6.07, 6.45) is 0.545. The number of aromatic hydroxyl groups is 1. The van der Waals surface area contributed by atoms with Crippen molar-refractivity contribution in [2.45, 2.75) is 31.8 Å². The maximum absolute atomic E-state index is 12.9. The summed E-state index contributed by atoms with van der Waals surface area (Å²) in [6, 6.07) is 11.8. The van der Waals surface area contributed by atoms with Gasteiger partial charge in [0.15, 0.2) is 23.9 Å². The Morgan fingerprint density at radius 1 is 0.976 bits per heavy atom. The van der Waals surface area contributed by atoms with E-state index in [0.717, 1.165) is 17.5 Å². The summed E-state index contributed by atoms with van der Waals surface area (Å²) in [5.74, 6) is -0.678. The molecule has 0 amide bonds. The van der Waals surface area contributed by atoms with Crippen molar-refractivity contribution in [1.29, 1.82) is 0 Å². The Labute approximate surface area is 237 Å². The summed E-state index contributed by atoms with van der Waals surface area (Å²) in [4.78, 5) is 38.9. The highest BCUT2D eigenvalue weighted by Gasteiger charge is 2.28. The predicted octanol–water partition coefficient (Wildman–Crippen LogP) is 3.17. The maximum Gasteiger partial charge on any atom is 0.343 e. The van der Waals surface area contributed by atoms with E-state index in [2.05, 4.69) is 9.64 Å². The van der Waals surface area contributed by atoms with Gasteiger partial charge < -0.3 is 33.2 Å². The molecule has 11 heteroatoms. The van der Waals surface area contributed by atoms with Gasteiger partial charge in [-0.2, -0.15) is 0 Å². The van der Waals surface area contributed by atoms with Gasteiger partial charge in [-0.1, -0.05) is 12.1 Å². The van der Waals surface area contributed by atoms with Crippen LogP contribution in [0.5, 0.6) is 23.0 Å². The molecule has 11 nitrogen and oxygen atoms in total. The van der Waals surface area contributed by atoms with Crippen LogP contribution in [0.15, 0.2) is 51.7 Å². The first-order valence-electron chi connectivity index (χ1n) is 12.9. The zero-order chi connectivity index (χ0) is 29.5. The number of rotatable bonds is 11. The Morgan fingerprint density at radius 2 is 1.68 bits per heavy atom. The van der Waals surface area contributed by atoms with Crippen LogP contribution < -0.4 is 19.6 Å². The molecule has 1 aromatic heterocycles. The normalized spacial score (nSPS) is 13.6. The van der Waals surface area contributed by atoms with Crippen LogP contribution in [0, 0.1) is 0 Å². The summed E-state index contributed by atoms with van der Waals surface area (Å²) in [7, 11) is 5.69. The van der Waals surface area contributed by atoms with Gasteiger partial charge in [-0.3, -0.25) is 14.5 Å². The van der Waals surface area contributed by atoms with Crippen LogP contribution in [0.25, 0.3) is 0 Å². The number of methoxy groups -OCH3 is 4. The molecule has 0 unspecified atom stereocenters. The second kappa shape index (κ2) is 13.2. The van der Waals surface area contributed by atoms with E-state index in [1.165, 1.54) is 20.3 Å². The lowest BCUT2D eigenvalue weighted by Crippen LogP contribution is -2.30. The number of nitrogens with zero attached hydrogens (tertiary/aromatic N) is 1. The molecular formula is C30H33NO10. The molecule has 2 aromatic carbocycles. The zero-order valence-corrected chi connectivity index (χ0v) is 23.4. The lowest BCUT2D eigenvalue weighted by atomic mass is 9.92. The number of hydrogen-bond acceptors (Lipinski definition) is 11. The summed E-state index contributed by atoms with van der Waals surface area (Å²) in [5, 5.41) is 10.8. The van der Waals surface area contributed by atoms with Crippen molar-refractivity contribution in [3.8, 4) is 23.0 Å². The first-order chi connectivity index (χ1) is 19.8. The number of hydrogen-bond donors (Lipinski definition) is 1. The molecule has 0 fully saturated rings. The molecule has 1 atom stereocenters. The fourth-order valence-electron chi connectivity index (χ4n) is 4.80. The van der Waals surface area contributed by atoms with Gasteiger partial charge in [0.1, 0.15) is 11.5 Å². The third-order valence-electron chi connectivity index (χ3n) is 6.94. The third-order valence-corrected chi connectivity index (χ3v) is 6.94. The summed E-state index contributed by atoms with van der Waals surface area (Å²) in [5.41, 5.74) is 2.11. The number of carbonyl (C=O) groups excluding carboxylic acids is 2. The molecule has 1 aliphatic rings. The van der Waals surface area contributed by atoms with Crippen LogP contribution in [-0.2, 0) is 38.6 Å². The Bertz CT molecular complexity index is 1460. The van der Waals surface area contributed by atoms with Gasteiger partial charge in [0.25, 0.3) is 0 Å². The SMILES string of the molecule is COC(=O)COc1cccc([C@@H](CC(=O)OC)c2oc(CN3CCc4cc(OC)c(OC)cc4C3)cc(=O)c2O)c1. The molecule has 0 radical (unpaired) electrons. The van der Waals surface area contributed by atoms with Gasteiger partial charge in [-0.25, -0.2) is 4.79 Å². The molecule has 0 aliphatic carbocycles. The molecule has 3 aromatic rings. The molecule has 1 aliphatic heterocycles. The van der Waals surface area contributed by atoms with Gasteiger partial charge in [0.05, 0.1) is 47.3 Å². The standard InChI is InChI=1S/C30H33NO10/c1-36-25-11-18-8-9-31(15-20(18)12-26(25)37-2)16-22-13-24(32)29(35)30(41-22)23(14-27(33)38-3)19-6-5-7-21(10-19)40-17-28(34)39-4/h5-7,10-13,23,35H,8-9,14-17H2,1-4H3/t23-/m1/s1. The van der Waals surface area contributed by atoms with Crippen molar-refractivity contribution >= 4 is 11.9 Å². The zero-order valence-electron chi connectivity index (χ0n) is 23.4. The minimum absolute atomic E-state index is 0.0631. The van der Waals surface area contributed by atoms with Crippen LogP contribution in [0.2, 0.25) is 0 Å². The average molecular weight is 568 g/mol. The second-order valence-corrected chi connectivity index (χ2v) is 9.50. The number of fused-ring (bicyclic) bond motifs is 1. The van der Waals surface area contributed by atoms with Gasteiger partial charge in [-0.05, 0) is 47.4 Å². The highest BCUT2D eigenvalue weighted by atomic mass is 16.6. The van der Waals surface area contributed by atoms with E-state index >= 15 is 0 Å². The van der Waals surface area contributed by atoms with Crippen molar-refractivity contribution < 1.29 is 42.8 Å². The van der Waals surface area contributed by atoms with E-state index in [1.807, 2.05) is 12.1 Å². The van der Waals surface area contributed by atoms with E-state index < -0.39 is 29.0 Å². The van der Waals surface area contributed by atoms with E-state index in [1.54, 1.807) is 38.5 Å². The molecule has 41 heavy (non-hydrogen) atoms. The molecule has 2 heterocycles. The Kier molecular flexibility index (Phi) is 9.51. The Morgan fingerprint density at radius 3 is 2.37 bits per heavy atom. The molecular weight excluding hydrogens is 534 g/mol. The highest BCUT2D eigenvalue weighted by Crippen LogP contribution is 2.36. The van der Waals surface area contributed by atoms with Gasteiger partial charge in [0, 0.05) is 19.2 Å². The van der Waals surface area contributed by atoms with Crippen molar-refractivity contribution in [2.75, 3.05) is 41.6 Å². The van der Waals surface area contributed by atoms with Gasteiger partial charge >= 0.3 is 11.9 Å². The fourth-order valence-corrected chi connectivity index (χ4v) is 4.80. The van der Waals surface area contributed by atoms with Crippen molar-refractivity contribution in [3.63, 3.8) is 0 Å². The van der Waals surface area contributed by atoms with Crippen molar-refractivity contribution in [1.82, 2.24) is 4.90 Å². The number of benzene rings is 2. The Hall–Kier alpha value is -4.51. The van der Waals surface area contributed by atoms with E-state index in [4.69, 9.17) is 23.4 Å². The number of ether oxygens (including phenoxy) is 5. The van der Waals surface area contributed by atoms with E-state index in [-0.39, 0.29) is 18.8 Å². The third kappa shape index (κ3) is 6.98. The average Bonchev–Trinajstić information content (AvgIpc) is 2.99. The van der Waals surface area contributed by atoms with Crippen LogP contribution in [0.3, 0.4) is 0 Å². The molecule has 1 N–H and O–H groups in total. The largest absolute Gasteiger partial charge is 0.502 e. The minimum Gasteiger partial charge on any atom is -0.502 e. The highest BCUT2D eigenvalue weighted by molar-refractivity contribution is 5.72. The quantitative estimate of drug-likeness (QED) is 0.343. The summed E-state index contributed by atoms with van der Waals surface area (Å²) >= 11 is 0. The fraction of sp³-hybridized carbons (Fsp3) is 0.367. The van der Waals surface area contributed by atoms with Gasteiger partial charge in [-0.15, -0.1) is 0 Å². The molecule has 0 saturated heterocycles. The molecule has 218 valence electrons. The molecule has 4 rings (SSSR count). The number of esters is 2. The monoisotopic (exact) mass is 567 g/mol. The van der Waals surface area contributed by atoms with Crippen LogP contribution in [0.4, 0.5) is 0 Å². The van der Waals surface area contributed by atoms with Crippen LogP contribution in [-0.4, -0.2) is 63.5 Å². The smallest absolute Gasteiger partial charge is 0.343 e. The molecule has 0 spiro atoms. The van der Waals surface area contributed by atoms with E-state index in [9.17, 15) is 19.5 Å². The summed E-state index contributed by atoms with van der Waals surface area (Å²) in [6.45, 7) is 1.27. The first kappa shape index (κ1) is 29.5. The molecule has 0 bridgehead atoms. The van der Waals surface area contributed by atoms with Crippen LogP contribution in [0.1, 0.15) is 40.5 Å². The molecule has 0 saturated carbocycles.